The highest BCUT2D eigenvalue weighted by atomic mass is 35.5. The Morgan fingerprint density at radius 3 is 1.65 bits per heavy atom. The van der Waals surface area contributed by atoms with Gasteiger partial charge in [-0.1, -0.05) is 92.8 Å². The molecule has 7 heterocycles. The Morgan fingerprint density at radius 2 is 1.11 bits per heavy atom. The fraction of sp³-hybridized carbons (Fsp3) is 0.0784. The van der Waals surface area contributed by atoms with Crippen LogP contribution < -0.4 is 20.5 Å². The number of nitrogen functional groups attached to an aromatic ring is 1. The number of aldehydes is 2. The Labute approximate surface area is 493 Å². The van der Waals surface area contributed by atoms with Crippen LogP contribution >= 0.6 is 92.8 Å². The molecule has 29 heteroatoms. The fourth-order valence-electron chi connectivity index (χ4n) is 5.47. The second kappa shape index (κ2) is 33.9. The summed E-state index contributed by atoms with van der Waals surface area (Å²) in [4.78, 5) is 47.2. The van der Waals surface area contributed by atoms with E-state index in [9.17, 15) is 23.5 Å². The van der Waals surface area contributed by atoms with Crippen LogP contribution in [0.5, 0.6) is 28.7 Å². The van der Waals surface area contributed by atoms with E-state index >= 15 is 0 Å². The molecule has 19 nitrogen and oxygen atoms in total. The van der Waals surface area contributed by atoms with Gasteiger partial charge in [-0.05, 0) is 36.4 Å². The van der Waals surface area contributed by atoms with Crippen molar-refractivity contribution in [2.75, 3.05) is 38.9 Å². The first kappa shape index (κ1) is 65.1. The number of nitrogens with zero attached hydrogens (tertiary/aromatic N) is 7. The number of nitrogens with two attached hydrogens (primary N) is 1. The van der Waals surface area contributed by atoms with Gasteiger partial charge in [0, 0.05) is 75.4 Å². The molecule has 80 heavy (non-hydrogen) atoms. The number of nitrogens with one attached hydrogen (secondary N) is 1. The van der Waals surface area contributed by atoms with Gasteiger partial charge in [-0.25, -0.2) is 8.78 Å². The first-order chi connectivity index (χ1) is 38.3. The molecule has 0 fully saturated rings. The highest BCUT2D eigenvalue weighted by molar-refractivity contribution is 6.37. The summed E-state index contributed by atoms with van der Waals surface area (Å²) in [5, 5.41) is 32.8. The zero-order chi connectivity index (χ0) is 58.7. The van der Waals surface area contributed by atoms with Gasteiger partial charge in [-0.3, -0.25) is 44.5 Å². The highest BCUT2D eigenvalue weighted by Crippen LogP contribution is 2.39. The molecule has 2 aromatic carbocycles. The van der Waals surface area contributed by atoms with Crippen molar-refractivity contribution >= 4 is 146 Å². The summed E-state index contributed by atoms with van der Waals surface area (Å²) in [6.07, 6.45) is 19.3. The van der Waals surface area contributed by atoms with Crippen LogP contribution in [-0.2, 0) is 9.47 Å². The second-order valence-corrected chi connectivity index (χ2v) is 17.9. The number of anilines is 3. The van der Waals surface area contributed by atoms with Crippen LogP contribution in [0.1, 0.15) is 26.3 Å². The number of furan rings is 1. The van der Waals surface area contributed by atoms with E-state index in [0.29, 0.717) is 72.7 Å². The van der Waals surface area contributed by atoms with Gasteiger partial charge >= 0.3 is 0 Å². The van der Waals surface area contributed by atoms with Crippen LogP contribution in [-0.4, -0.2) is 91.8 Å². The van der Waals surface area contributed by atoms with Gasteiger partial charge in [-0.2, -0.15) is 0 Å². The molecule has 0 aliphatic heterocycles. The van der Waals surface area contributed by atoms with Crippen molar-refractivity contribution in [2.24, 2.45) is 4.99 Å². The maximum atomic E-state index is 13.1. The van der Waals surface area contributed by atoms with Gasteiger partial charge in [0.15, 0.2) is 37.5 Å². The summed E-state index contributed by atoms with van der Waals surface area (Å²) in [6, 6.07) is 11.4. The van der Waals surface area contributed by atoms with E-state index in [1.165, 1.54) is 112 Å². The molecule has 6 N–H and O–H groups in total. The Bertz CT molecular complexity index is 3470. The van der Waals surface area contributed by atoms with Crippen LogP contribution in [0.3, 0.4) is 0 Å². The number of ether oxygens (including phenoxy) is 4. The van der Waals surface area contributed by atoms with Gasteiger partial charge < -0.3 is 49.7 Å². The van der Waals surface area contributed by atoms with Crippen molar-refractivity contribution in [3.05, 3.63) is 191 Å². The summed E-state index contributed by atoms with van der Waals surface area (Å²) < 4.78 is 50.9. The number of aromatic nitrogens is 6. The number of carbonyl (C=O) groups is 2. The van der Waals surface area contributed by atoms with Gasteiger partial charge in [0.2, 0.25) is 5.88 Å². The number of aliphatic imine (C=N–C) groups is 1. The lowest BCUT2D eigenvalue weighted by Crippen LogP contribution is -2.02. The third-order valence-electron chi connectivity index (χ3n) is 9.04. The van der Waals surface area contributed by atoms with Crippen molar-refractivity contribution in [3.63, 3.8) is 0 Å². The summed E-state index contributed by atoms with van der Waals surface area (Å²) in [5.41, 5.74) is 8.50. The summed E-state index contributed by atoms with van der Waals surface area (Å²) in [7, 11) is 3.04. The van der Waals surface area contributed by atoms with Crippen molar-refractivity contribution in [2.45, 2.75) is 0 Å². The lowest BCUT2D eigenvalue weighted by atomic mass is 10.2. The summed E-state index contributed by atoms with van der Waals surface area (Å²) in [5.74, 6) is -0.0941. The predicted octanol–water partition coefficient (Wildman–Crippen LogP) is 14.5. The quantitative estimate of drug-likeness (QED) is 0.0432. The molecule has 0 saturated heterocycles. The van der Waals surface area contributed by atoms with Crippen molar-refractivity contribution in [1.82, 2.24) is 29.9 Å². The number of halogens is 10. The molecule has 9 rings (SSSR count). The average Bonchev–Trinajstić information content (AvgIpc) is 3.76. The zero-order valence-electron chi connectivity index (χ0n) is 40.9. The molecular formula is C51H39Cl8F2N9O10. The molecule has 0 spiro atoms. The largest absolute Gasteiger partial charge is 0.506 e. The van der Waals surface area contributed by atoms with E-state index in [4.69, 9.17) is 127 Å². The summed E-state index contributed by atoms with van der Waals surface area (Å²) in [6.45, 7) is 0.269. The third-order valence-corrected chi connectivity index (χ3v) is 11.2. The number of methoxy groups -OCH3 is 2. The molecule has 0 saturated carbocycles. The van der Waals surface area contributed by atoms with E-state index in [1.807, 2.05) is 0 Å². The molecule has 0 bridgehead atoms. The molecule has 418 valence electrons. The number of hydrogen-bond donors (Lipinski definition) is 5. The van der Waals surface area contributed by atoms with Gasteiger partial charge in [-0.15, -0.1) is 0 Å². The Kier molecular flexibility index (Phi) is 27.6. The Balaban J connectivity index is 0.000000213. The van der Waals surface area contributed by atoms with Crippen LogP contribution in [0.25, 0.3) is 11.0 Å². The fourth-order valence-corrected chi connectivity index (χ4v) is 6.99. The monoisotopic (exact) mass is 1260 g/mol. The van der Waals surface area contributed by atoms with E-state index in [-0.39, 0.29) is 73.0 Å². The number of pyridine rings is 6. The zero-order valence-corrected chi connectivity index (χ0v) is 46.9. The standard InChI is InChI=1S/C13H8Cl2FN3O.C12H7Cl2FN2O.C8H8ClNO3.C7H8ClNO2.C6H4ClNO2.C5H4ClNO/c14-7-3-6(1-2-9(7)16)19-12-11-8(15)4-18-5-10(11)20-13(12)17;13-9-3-7(1-2-11(9)15)17-4-8-10(14)5-16-6-12(8)18;1-12-5-13-8-3-10-2-7(9)6(8)4-11;1-10-5-11-7-2-6(8)3-9-4-7;7-5-1-8-2-6(10)4(5)3-9;6-4-1-5(8)3-7-2-4/h1-5,19H,17H2;1-6,18H;2-4H,5H2,1H3;2-4H,5H2,1H3;1-3,10H;1-3,8H. The minimum Gasteiger partial charge on any atom is -0.506 e. The normalized spacial score (nSPS) is 10.2. The molecule has 9 aromatic rings. The number of hydrogen-bond acceptors (Lipinski definition) is 19. The molecule has 7 aromatic heterocycles. The average molecular weight is 1260 g/mol. The van der Waals surface area contributed by atoms with E-state index < -0.39 is 11.6 Å². The minimum atomic E-state index is -0.514. The van der Waals surface area contributed by atoms with Crippen LogP contribution in [0.4, 0.5) is 31.7 Å². The van der Waals surface area contributed by atoms with Gasteiger partial charge in [0.25, 0.3) is 0 Å². The van der Waals surface area contributed by atoms with Crippen molar-refractivity contribution in [1.29, 1.82) is 0 Å². The smallest absolute Gasteiger partial charge is 0.215 e. The van der Waals surface area contributed by atoms with Crippen LogP contribution in [0, 0.1) is 11.6 Å². The van der Waals surface area contributed by atoms with Crippen molar-refractivity contribution in [3.8, 4) is 28.7 Å². The maximum Gasteiger partial charge on any atom is 0.215 e. The lowest BCUT2D eigenvalue weighted by molar-refractivity contribution is 0.0502. The Morgan fingerprint density at radius 1 is 0.588 bits per heavy atom. The van der Waals surface area contributed by atoms with Crippen LogP contribution in [0.2, 0.25) is 40.2 Å². The molecule has 0 aliphatic carbocycles. The molecule has 0 unspecified atom stereocenters. The molecule has 0 aliphatic rings. The first-order valence-corrected chi connectivity index (χ1v) is 24.7. The first-order valence-electron chi connectivity index (χ1n) is 21.6. The number of aromatic hydroxyl groups is 3. The maximum absolute atomic E-state index is 13.1. The summed E-state index contributed by atoms with van der Waals surface area (Å²) >= 11 is 45.5. The van der Waals surface area contributed by atoms with E-state index in [1.54, 1.807) is 25.6 Å². The highest BCUT2D eigenvalue weighted by Gasteiger charge is 2.16. The van der Waals surface area contributed by atoms with E-state index in [0.717, 1.165) is 6.20 Å². The third kappa shape index (κ3) is 21.0. The Hall–Kier alpha value is -7.41. The number of benzene rings is 2. The number of carbonyl (C=O) groups excluding carboxylic acids is 2. The lowest BCUT2D eigenvalue weighted by Gasteiger charge is -2.06. The minimum absolute atomic E-state index is 0.00846. The molecular weight excluding hydrogens is 1220 g/mol. The van der Waals surface area contributed by atoms with Crippen molar-refractivity contribution < 1.29 is 57.1 Å². The van der Waals surface area contributed by atoms with E-state index in [2.05, 4.69) is 44.9 Å². The number of fused-ring (bicyclic) bond motifs is 1. The molecule has 0 atom stereocenters. The number of rotatable bonds is 12. The van der Waals surface area contributed by atoms with Gasteiger partial charge in [0.1, 0.15) is 40.3 Å². The van der Waals surface area contributed by atoms with Crippen LogP contribution in [0.15, 0.2) is 132 Å². The second-order valence-electron chi connectivity index (χ2n) is 14.6. The topological polar surface area (TPSA) is 273 Å². The predicted molar refractivity (Wildman–Crippen MR) is 304 cm³/mol. The SMILES string of the molecule is COCOc1cncc(Cl)c1.COCOc1cncc(Cl)c1C=O.Nc1oc2cncc(Cl)c2c1Nc1ccc(F)c(Cl)c1.O=Cc1c(O)cncc1Cl.Oc1cncc(Cl)c1.Oc1cncc(Cl)c1C=Nc1ccc(F)c(Cl)c1. The van der Waals surface area contributed by atoms with Gasteiger partial charge in [0.05, 0.1) is 105 Å². The molecule has 0 radical (unpaired) electrons. The molecule has 0 amide bonds.